The first-order chi connectivity index (χ1) is 9.97. The van der Waals surface area contributed by atoms with Gasteiger partial charge in [0.1, 0.15) is 0 Å². The van der Waals surface area contributed by atoms with Gasteiger partial charge < -0.3 is 14.6 Å². The number of carbonyl (C=O) groups is 3. The molecule has 0 heterocycles. The van der Waals surface area contributed by atoms with Crippen LogP contribution in [0.5, 0.6) is 0 Å². The van der Waals surface area contributed by atoms with Crippen LogP contribution in [0.25, 0.3) is 0 Å². The van der Waals surface area contributed by atoms with Crippen molar-refractivity contribution in [1.82, 2.24) is 0 Å². The molecule has 1 aliphatic rings. The van der Waals surface area contributed by atoms with Crippen LogP contribution < -0.4 is 0 Å². The number of rotatable bonds is 7. The SMILES string of the molecule is C=CC(=O)OCCCOC(=O)C1CCCC(C)C1C(=O)O. The first kappa shape index (κ1) is 17.2. The van der Waals surface area contributed by atoms with Gasteiger partial charge in [-0.05, 0) is 18.8 Å². The number of esters is 2. The molecule has 1 fully saturated rings. The molecule has 3 unspecified atom stereocenters. The van der Waals surface area contributed by atoms with Crippen LogP contribution in [0.4, 0.5) is 0 Å². The Labute approximate surface area is 124 Å². The third-order valence-electron chi connectivity index (χ3n) is 3.75. The predicted molar refractivity (Wildman–Crippen MR) is 74.4 cm³/mol. The molecule has 0 spiro atoms. The summed E-state index contributed by atoms with van der Waals surface area (Å²) in [5.74, 6) is -3.21. The standard InChI is InChI=1S/C15H22O6/c1-3-12(16)20-8-5-9-21-15(19)11-7-4-6-10(2)13(11)14(17)18/h3,10-11,13H,1,4-9H2,2H3,(H,17,18). The molecule has 118 valence electrons. The summed E-state index contributed by atoms with van der Waals surface area (Å²) in [5, 5.41) is 9.25. The number of carboxylic acids is 1. The van der Waals surface area contributed by atoms with Gasteiger partial charge in [-0.2, -0.15) is 0 Å². The molecule has 1 aliphatic carbocycles. The van der Waals surface area contributed by atoms with E-state index in [1.807, 2.05) is 6.92 Å². The smallest absolute Gasteiger partial charge is 0.330 e. The van der Waals surface area contributed by atoms with Crippen LogP contribution in [-0.2, 0) is 23.9 Å². The van der Waals surface area contributed by atoms with E-state index in [1.165, 1.54) is 0 Å². The van der Waals surface area contributed by atoms with Gasteiger partial charge >= 0.3 is 17.9 Å². The number of hydrogen-bond acceptors (Lipinski definition) is 5. The highest BCUT2D eigenvalue weighted by Gasteiger charge is 2.40. The van der Waals surface area contributed by atoms with E-state index in [9.17, 15) is 19.5 Å². The van der Waals surface area contributed by atoms with E-state index in [4.69, 9.17) is 9.47 Å². The third-order valence-corrected chi connectivity index (χ3v) is 3.75. The summed E-state index contributed by atoms with van der Waals surface area (Å²) in [4.78, 5) is 34.1. The average molecular weight is 298 g/mol. The highest BCUT2D eigenvalue weighted by atomic mass is 16.5. The van der Waals surface area contributed by atoms with Crippen LogP contribution in [0.15, 0.2) is 12.7 Å². The summed E-state index contributed by atoms with van der Waals surface area (Å²) in [6.45, 7) is 5.37. The second-order valence-electron chi connectivity index (χ2n) is 5.27. The molecular formula is C15H22O6. The summed E-state index contributed by atoms with van der Waals surface area (Å²) < 4.78 is 9.86. The monoisotopic (exact) mass is 298 g/mol. The molecule has 0 aromatic carbocycles. The molecule has 1 saturated carbocycles. The van der Waals surface area contributed by atoms with Crippen molar-refractivity contribution in [2.75, 3.05) is 13.2 Å². The lowest BCUT2D eigenvalue weighted by Crippen LogP contribution is -2.38. The second-order valence-corrected chi connectivity index (χ2v) is 5.27. The van der Waals surface area contributed by atoms with Gasteiger partial charge in [0.25, 0.3) is 0 Å². The van der Waals surface area contributed by atoms with Crippen molar-refractivity contribution < 1.29 is 29.0 Å². The van der Waals surface area contributed by atoms with Crippen molar-refractivity contribution in [3.05, 3.63) is 12.7 Å². The van der Waals surface area contributed by atoms with E-state index >= 15 is 0 Å². The summed E-state index contributed by atoms with van der Waals surface area (Å²) >= 11 is 0. The van der Waals surface area contributed by atoms with E-state index in [2.05, 4.69) is 6.58 Å². The Bertz CT molecular complexity index is 403. The number of ether oxygens (including phenoxy) is 2. The molecular weight excluding hydrogens is 276 g/mol. The van der Waals surface area contributed by atoms with E-state index in [-0.39, 0.29) is 19.1 Å². The molecule has 0 bridgehead atoms. The minimum atomic E-state index is -0.941. The zero-order chi connectivity index (χ0) is 15.8. The maximum Gasteiger partial charge on any atom is 0.330 e. The lowest BCUT2D eigenvalue weighted by atomic mass is 9.73. The fourth-order valence-electron chi connectivity index (χ4n) is 2.67. The number of aliphatic carboxylic acids is 1. The third kappa shape index (κ3) is 5.21. The lowest BCUT2D eigenvalue weighted by molar-refractivity contribution is -0.162. The maximum absolute atomic E-state index is 12.0. The van der Waals surface area contributed by atoms with Crippen LogP contribution in [0.2, 0.25) is 0 Å². The highest BCUT2D eigenvalue weighted by Crippen LogP contribution is 2.35. The summed E-state index contributed by atoms with van der Waals surface area (Å²) in [5.41, 5.74) is 0. The van der Waals surface area contributed by atoms with Crippen LogP contribution in [0.3, 0.4) is 0 Å². The Hall–Kier alpha value is -1.85. The van der Waals surface area contributed by atoms with Gasteiger partial charge in [0.05, 0.1) is 25.0 Å². The summed E-state index contributed by atoms with van der Waals surface area (Å²) in [6, 6.07) is 0. The van der Waals surface area contributed by atoms with Gasteiger partial charge in [0.15, 0.2) is 0 Å². The van der Waals surface area contributed by atoms with Crippen molar-refractivity contribution in [2.45, 2.75) is 32.6 Å². The van der Waals surface area contributed by atoms with Gasteiger partial charge in [-0.25, -0.2) is 4.79 Å². The van der Waals surface area contributed by atoms with Crippen LogP contribution in [-0.4, -0.2) is 36.2 Å². The normalized spacial score (nSPS) is 24.9. The first-order valence-electron chi connectivity index (χ1n) is 7.16. The van der Waals surface area contributed by atoms with Crippen LogP contribution >= 0.6 is 0 Å². The minimum absolute atomic E-state index is 0.0256. The highest BCUT2D eigenvalue weighted by molar-refractivity contribution is 5.82. The number of carbonyl (C=O) groups excluding carboxylic acids is 2. The van der Waals surface area contributed by atoms with Crippen LogP contribution in [0, 0.1) is 17.8 Å². The topological polar surface area (TPSA) is 89.9 Å². The Morgan fingerprint density at radius 2 is 1.90 bits per heavy atom. The van der Waals surface area contributed by atoms with Gasteiger partial charge in [0.2, 0.25) is 0 Å². The molecule has 0 saturated heterocycles. The molecule has 6 heteroatoms. The van der Waals surface area contributed by atoms with E-state index in [0.29, 0.717) is 12.8 Å². The molecule has 1 N–H and O–H groups in total. The van der Waals surface area contributed by atoms with E-state index < -0.39 is 29.7 Å². The van der Waals surface area contributed by atoms with Crippen LogP contribution in [0.1, 0.15) is 32.6 Å². The summed E-state index contributed by atoms with van der Waals surface area (Å²) in [6.07, 6.45) is 3.64. The number of carboxylic acid groups (broad SMARTS) is 1. The fraction of sp³-hybridized carbons (Fsp3) is 0.667. The van der Waals surface area contributed by atoms with Crippen molar-refractivity contribution in [2.24, 2.45) is 17.8 Å². The van der Waals surface area contributed by atoms with Crippen molar-refractivity contribution in [1.29, 1.82) is 0 Å². The Morgan fingerprint density at radius 3 is 2.52 bits per heavy atom. The first-order valence-corrected chi connectivity index (χ1v) is 7.16. The van der Waals surface area contributed by atoms with E-state index in [0.717, 1.165) is 18.9 Å². The zero-order valence-corrected chi connectivity index (χ0v) is 12.2. The van der Waals surface area contributed by atoms with Gasteiger partial charge in [-0.1, -0.05) is 19.9 Å². The fourth-order valence-corrected chi connectivity index (χ4v) is 2.67. The Kier molecular flexibility index (Phi) is 6.91. The molecule has 0 radical (unpaired) electrons. The van der Waals surface area contributed by atoms with Gasteiger partial charge in [-0.3, -0.25) is 9.59 Å². The van der Waals surface area contributed by atoms with Crippen molar-refractivity contribution in [3.63, 3.8) is 0 Å². The van der Waals surface area contributed by atoms with E-state index in [1.54, 1.807) is 0 Å². The second kappa shape index (κ2) is 8.44. The maximum atomic E-state index is 12.0. The molecule has 6 nitrogen and oxygen atoms in total. The molecule has 1 rings (SSSR count). The molecule has 21 heavy (non-hydrogen) atoms. The van der Waals surface area contributed by atoms with Gasteiger partial charge in [0, 0.05) is 12.5 Å². The molecule has 0 amide bonds. The lowest BCUT2D eigenvalue weighted by Gasteiger charge is -2.31. The predicted octanol–water partition coefficient (Wildman–Crippen LogP) is 1.79. The van der Waals surface area contributed by atoms with Gasteiger partial charge in [-0.15, -0.1) is 0 Å². The largest absolute Gasteiger partial charge is 0.481 e. The number of hydrogen-bond donors (Lipinski definition) is 1. The molecule has 0 aromatic heterocycles. The minimum Gasteiger partial charge on any atom is -0.481 e. The van der Waals surface area contributed by atoms with Crippen molar-refractivity contribution in [3.8, 4) is 0 Å². The quantitative estimate of drug-likeness (QED) is 0.438. The average Bonchev–Trinajstić information content (AvgIpc) is 2.45. The summed E-state index contributed by atoms with van der Waals surface area (Å²) in [7, 11) is 0. The Balaban J connectivity index is 2.37. The molecule has 0 aliphatic heterocycles. The Morgan fingerprint density at radius 1 is 1.24 bits per heavy atom. The molecule has 0 aromatic rings. The molecule has 3 atom stereocenters. The van der Waals surface area contributed by atoms with Crippen molar-refractivity contribution >= 4 is 17.9 Å². The zero-order valence-electron chi connectivity index (χ0n) is 12.2.